The zero-order valence-electron chi connectivity index (χ0n) is 7.07. The topological polar surface area (TPSA) is 9.23 Å². The Morgan fingerprint density at radius 2 is 1.90 bits per heavy atom. The van der Waals surface area contributed by atoms with Gasteiger partial charge in [0.25, 0.3) is 0 Å². The number of hydrogen-bond acceptors (Lipinski definition) is 1. The first-order valence-corrected chi connectivity index (χ1v) is 3.61. The molecule has 10 heavy (non-hydrogen) atoms. The van der Waals surface area contributed by atoms with Crippen molar-refractivity contribution >= 4 is 11.6 Å². The summed E-state index contributed by atoms with van der Waals surface area (Å²) in [6.07, 6.45) is 1.65. The molecule has 0 rings (SSSR count). The molecular weight excluding hydrogens is 148 g/mol. The molecule has 0 atom stereocenters. The van der Waals surface area contributed by atoms with E-state index in [0.717, 1.165) is 0 Å². The van der Waals surface area contributed by atoms with Crippen LogP contribution >= 0.6 is 11.6 Å². The molecule has 0 aromatic carbocycles. The van der Waals surface area contributed by atoms with Crippen molar-refractivity contribution in [1.29, 1.82) is 0 Å². The minimum Gasteiger partial charge on any atom is -0.497 e. The first kappa shape index (κ1) is 12.3. The van der Waals surface area contributed by atoms with Gasteiger partial charge in [0, 0.05) is 5.03 Å². The van der Waals surface area contributed by atoms with Gasteiger partial charge in [-0.3, -0.25) is 0 Å². The normalized spacial score (nSPS) is 9.50. The largest absolute Gasteiger partial charge is 0.497 e. The van der Waals surface area contributed by atoms with Crippen molar-refractivity contribution in [3.8, 4) is 0 Å². The van der Waals surface area contributed by atoms with Crippen LogP contribution in [0.3, 0.4) is 0 Å². The number of halogens is 1. The Bertz CT molecular complexity index is 112. The maximum atomic E-state index is 5.47. The third kappa shape index (κ3) is 10.5. The fourth-order valence-electron chi connectivity index (χ4n) is 0.281. The molecule has 2 heteroatoms. The zero-order chi connectivity index (χ0) is 8.57. The zero-order valence-corrected chi connectivity index (χ0v) is 7.83. The van der Waals surface area contributed by atoms with Crippen LogP contribution in [0.1, 0.15) is 20.8 Å². The standard InChI is InChI=1S/C6H9ClO.C2H6/c1-5(7)4-6(2)8-3;1-2/h4H,2H2,1,3H3;1-2H3/b5-4+;. The van der Waals surface area contributed by atoms with Crippen LogP contribution in [-0.4, -0.2) is 7.11 Å². The molecule has 0 heterocycles. The molecule has 0 N–H and O–H groups in total. The maximum absolute atomic E-state index is 5.47. The lowest BCUT2D eigenvalue weighted by Gasteiger charge is -1.94. The fourth-order valence-corrected chi connectivity index (χ4v) is 0.402. The number of allylic oxidation sites excluding steroid dienone is 2. The lowest BCUT2D eigenvalue weighted by molar-refractivity contribution is 0.308. The van der Waals surface area contributed by atoms with Crippen molar-refractivity contribution in [2.45, 2.75) is 20.8 Å². The summed E-state index contributed by atoms with van der Waals surface area (Å²) in [6.45, 7) is 9.30. The molecule has 0 amide bonds. The van der Waals surface area contributed by atoms with E-state index >= 15 is 0 Å². The molecule has 60 valence electrons. The Labute approximate surface area is 68.3 Å². The molecule has 0 unspecified atom stereocenters. The van der Waals surface area contributed by atoms with Gasteiger partial charge in [0.2, 0.25) is 0 Å². The molecule has 0 radical (unpaired) electrons. The van der Waals surface area contributed by atoms with E-state index < -0.39 is 0 Å². The Hall–Kier alpha value is -0.430. The molecule has 0 aromatic rings. The van der Waals surface area contributed by atoms with Crippen LogP contribution in [-0.2, 0) is 4.74 Å². The van der Waals surface area contributed by atoms with Crippen LogP contribution in [0.4, 0.5) is 0 Å². The van der Waals surface area contributed by atoms with Crippen LogP contribution in [0.5, 0.6) is 0 Å². The van der Waals surface area contributed by atoms with Crippen molar-refractivity contribution in [3.63, 3.8) is 0 Å². The average Bonchev–Trinajstić information content (AvgIpc) is 1.91. The molecule has 0 spiro atoms. The van der Waals surface area contributed by atoms with Crippen molar-refractivity contribution < 1.29 is 4.74 Å². The first-order chi connectivity index (χ1) is 4.66. The number of methoxy groups -OCH3 is 1. The van der Waals surface area contributed by atoms with E-state index in [1.807, 2.05) is 13.8 Å². The van der Waals surface area contributed by atoms with E-state index in [-0.39, 0.29) is 0 Å². The van der Waals surface area contributed by atoms with Crippen LogP contribution in [0.15, 0.2) is 23.4 Å². The second kappa shape index (κ2) is 8.57. The minimum absolute atomic E-state index is 0.581. The molecule has 0 aliphatic rings. The summed E-state index contributed by atoms with van der Waals surface area (Å²) < 4.78 is 4.71. The highest BCUT2D eigenvalue weighted by molar-refractivity contribution is 6.29. The lowest BCUT2D eigenvalue weighted by atomic mass is 10.5. The van der Waals surface area contributed by atoms with Gasteiger partial charge in [-0.15, -0.1) is 0 Å². The van der Waals surface area contributed by atoms with E-state index in [1.54, 1.807) is 20.1 Å². The Balaban J connectivity index is 0. The summed E-state index contributed by atoms with van der Waals surface area (Å²) in [5, 5.41) is 0.678. The lowest BCUT2D eigenvalue weighted by Crippen LogP contribution is -1.76. The van der Waals surface area contributed by atoms with Gasteiger partial charge in [-0.05, 0) is 13.0 Å². The predicted octanol–water partition coefficient (Wildman–Crippen LogP) is 3.32. The summed E-state index contributed by atoms with van der Waals surface area (Å²) in [5.74, 6) is 0.581. The van der Waals surface area contributed by atoms with E-state index in [2.05, 4.69) is 6.58 Å². The van der Waals surface area contributed by atoms with Crippen LogP contribution < -0.4 is 0 Å². The Morgan fingerprint density at radius 1 is 1.50 bits per heavy atom. The molecule has 0 aromatic heterocycles. The van der Waals surface area contributed by atoms with Crippen molar-refractivity contribution in [2.24, 2.45) is 0 Å². The Kier molecular flexibility index (Phi) is 10.5. The highest BCUT2D eigenvalue weighted by Gasteiger charge is 1.82. The van der Waals surface area contributed by atoms with E-state index in [4.69, 9.17) is 16.3 Å². The van der Waals surface area contributed by atoms with Crippen molar-refractivity contribution in [3.05, 3.63) is 23.4 Å². The summed E-state index contributed by atoms with van der Waals surface area (Å²) in [4.78, 5) is 0. The minimum atomic E-state index is 0.581. The summed E-state index contributed by atoms with van der Waals surface area (Å²) in [6, 6.07) is 0. The van der Waals surface area contributed by atoms with Gasteiger partial charge >= 0.3 is 0 Å². The number of rotatable bonds is 2. The monoisotopic (exact) mass is 162 g/mol. The quantitative estimate of drug-likeness (QED) is 0.447. The summed E-state index contributed by atoms with van der Waals surface area (Å²) in [7, 11) is 1.55. The molecular formula is C8H15ClO. The molecule has 0 saturated heterocycles. The van der Waals surface area contributed by atoms with Gasteiger partial charge in [-0.25, -0.2) is 0 Å². The van der Waals surface area contributed by atoms with Crippen LogP contribution in [0.25, 0.3) is 0 Å². The van der Waals surface area contributed by atoms with E-state index in [0.29, 0.717) is 10.8 Å². The van der Waals surface area contributed by atoms with Crippen molar-refractivity contribution in [2.75, 3.05) is 7.11 Å². The van der Waals surface area contributed by atoms with Gasteiger partial charge < -0.3 is 4.74 Å². The third-order valence-electron chi connectivity index (χ3n) is 0.622. The van der Waals surface area contributed by atoms with E-state index in [9.17, 15) is 0 Å². The van der Waals surface area contributed by atoms with Crippen LogP contribution in [0.2, 0.25) is 0 Å². The molecule has 0 aliphatic heterocycles. The predicted molar refractivity (Wildman–Crippen MR) is 47.1 cm³/mol. The number of ether oxygens (including phenoxy) is 1. The third-order valence-corrected chi connectivity index (χ3v) is 0.731. The van der Waals surface area contributed by atoms with Gasteiger partial charge in [-0.1, -0.05) is 32.0 Å². The molecule has 0 aliphatic carbocycles. The molecule has 0 fully saturated rings. The smallest absolute Gasteiger partial charge is 0.112 e. The summed E-state index contributed by atoms with van der Waals surface area (Å²) in [5.41, 5.74) is 0. The average molecular weight is 163 g/mol. The molecule has 0 bridgehead atoms. The fraction of sp³-hybridized carbons (Fsp3) is 0.500. The van der Waals surface area contributed by atoms with Crippen LogP contribution in [0, 0.1) is 0 Å². The van der Waals surface area contributed by atoms with Crippen molar-refractivity contribution in [1.82, 2.24) is 0 Å². The van der Waals surface area contributed by atoms with Gasteiger partial charge in [0.1, 0.15) is 5.76 Å². The van der Waals surface area contributed by atoms with Gasteiger partial charge in [0.05, 0.1) is 7.11 Å². The molecule has 0 saturated carbocycles. The summed E-state index contributed by atoms with van der Waals surface area (Å²) >= 11 is 5.47. The maximum Gasteiger partial charge on any atom is 0.112 e. The molecule has 1 nitrogen and oxygen atoms in total. The SMILES string of the molecule is C=C(/C=C(\C)Cl)OC.CC. The van der Waals surface area contributed by atoms with Gasteiger partial charge in [0.15, 0.2) is 0 Å². The highest BCUT2D eigenvalue weighted by atomic mass is 35.5. The first-order valence-electron chi connectivity index (χ1n) is 3.23. The Morgan fingerprint density at radius 3 is 2.00 bits per heavy atom. The van der Waals surface area contributed by atoms with E-state index in [1.165, 1.54) is 0 Å². The highest BCUT2D eigenvalue weighted by Crippen LogP contribution is 2.03. The second-order valence-corrected chi connectivity index (χ2v) is 2.00. The second-order valence-electron chi connectivity index (χ2n) is 1.40. The van der Waals surface area contributed by atoms with Gasteiger partial charge in [-0.2, -0.15) is 0 Å². The number of hydrogen-bond donors (Lipinski definition) is 0.